The van der Waals surface area contributed by atoms with Gasteiger partial charge in [-0.1, -0.05) is 18.2 Å². The molecule has 2 aliphatic heterocycles. The molecule has 2 fully saturated rings. The van der Waals surface area contributed by atoms with E-state index in [4.69, 9.17) is 4.74 Å². The molecule has 3 N–H and O–H groups in total. The van der Waals surface area contributed by atoms with Gasteiger partial charge in [0, 0.05) is 34.4 Å². The third kappa shape index (κ3) is 1.96. The number of ether oxygens (including phenoxy) is 1. The Labute approximate surface area is 194 Å². The lowest BCUT2D eigenvalue weighted by Crippen LogP contribution is -2.74. The van der Waals surface area contributed by atoms with Gasteiger partial charge in [0.15, 0.2) is 17.6 Å². The van der Waals surface area contributed by atoms with Gasteiger partial charge in [-0.25, -0.2) is 0 Å². The van der Waals surface area contributed by atoms with Crippen LogP contribution in [-0.2, 0) is 18.3 Å². The second-order valence-corrected chi connectivity index (χ2v) is 11.5. The number of hydrogen-bond donors (Lipinski definition) is 3. The van der Waals surface area contributed by atoms with Crippen molar-refractivity contribution < 1.29 is 14.9 Å². The van der Waals surface area contributed by atoms with E-state index in [0.29, 0.717) is 12.2 Å². The predicted molar refractivity (Wildman–Crippen MR) is 124 cm³/mol. The van der Waals surface area contributed by atoms with Crippen molar-refractivity contribution in [3.8, 4) is 11.5 Å². The molecule has 1 aromatic heterocycles. The van der Waals surface area contributed by atoms with Crippen molar-refractivity contribution in [2.75, 3.05) is 13.1 Å². The van der Waals surface area contributed by atoms with Crippen LogP contribution in [0.3, 0.4) is 0 Å². The summed E-state index contributed by atoms with van der Waals surface area (Å²) in [5.41, 5.74) is 4.13. The molecule has 1 spiro atoms. The van der Waals surface area contributed by atoms with Crippen LogP contribution in [0.5, 0.6) is 11.5 Å². The molecule has 8 rings (SSSR count). The van der Waals surface area contributed by atoms with E-state index in [2.05, 4.69) is 44.0 Å². The Hall–Kier alpha value is -2.02. The molecule has 1 saturated heterocycles. The summed E-state index contributed by atoms with van der Waals surface area (Å²) in [4.78, 5) is 6.24. The lowest BCUT2D eigenvalue weighted by atomic mass is 9.49. The summed E-state index contributed by atoms with van der Waals surface area (Å²) in [6, 6.07) is 10.2. The first kappa shape index (κ1) is 18.4. The topological polar surface area (TPSA) is 68.7 Å². The van der Waals surface area contributed by atoms with E-state index >= 15 is 0 Å². The number of nitrogens with one attached hydrogen (secondary N) is 1. The molecule has 164 valence electrons. The molecule has 6 heteroatoms. The monoisotopic (exact) mass is 492 g/mol. The summed E-state index contributed by atoms with van der Waals surface area (Å²) in [5.74, 6) is 1.56. The number of phenols is 1. The van der Waals surface area contributed by atoms with E-state index in [1.54, 1.807) is 6.07 Å². The van der Waals surface area contributed by atoms with E-state index < -0.39 is 11.0 Å². The van der Waals surface area contributed by atoms with E-state index in [-0.39, 0.29) is 17.9 Å². The smallest absolute Gasteiger partial charge is 0.166 e. The number of H-pyrrole nitrogens is 1. The molecule has 32 heavy (non-hydrogen) atoms. The summed E-state index contributed by atoms with van der Waals surface area (Å²) >= 11 is 3.71. The Morgan fingerprint density at radius 2 is 2.09 bits per heavy atom. The lowest BCUT2D eigenvalue weighted by Gasteiger charge is -2.62. The SMILES string of the molecule is Oc1ccc2c3c1O[C@H]1c4[nH]c5c(Br)cccc5c4C[C@@]4(O)C(C2)N(CC2CC2)CC[C@]314. The van der Waals surface area contributed by atoms with Gasteiger partial charge in [-0.3, -0.25) is 4.90 Å². The minimum atomic E-state index is -0.929. The van der Waals surface area contributed by atoms with E-state index in [1.807, 2.05) is 6.07 Å². The molecular formula is C26H25BrN2O3. The van der Waals surface area contributed by atoms with Gasteiger partial charge >= 0.3 is 0 Å². The minimum Gasteiger partial charge on any atom is -0.504 e. The number of hydrogen-bond acceptors (Lipinski definition) is 4. The molecule has 3 aliphatic carbocycles. The van der Waals surface area contributed by atoms with Gasteiger partial charge in [-0.05, 0) is 77.3 Å². The number of aromatic hydroxyl groups is 1. The zero-order chi connectivity index (χ0) is 21.4. The van der Waals surface area contributed by atoms with Crippen LogP contribution < -0.4 is 4.74 Å². The number of fused-ring (bicyclic) bond motifs is 4. The summed E-state index contributed by atoms with van der Waals surface area (Å²) < 4.78 is 7.65. The molecule has 3 heterocycles. The first-order chi connectivity index (χ1) is 15.5. The molecular weight excluding hydrogens is 468 g/mol. The molecule has 3 aromatic rings. The lowest BCUT2D eigenvalue weighted by molar-refractivity contribution is -0.173. The number of phenolic OH excluding ortho intramolecular Hbond substituents is 1. The Balaban J connectivity index is 1.43. The minimum absolute atomic E-state index is 0.0659. The van der Waals surface area contributed by atoms with Crippen molar-refractivity contribution in [3.63, 3.8) is 0 Å². The number of halogens is 1. The molecule has 0 amide bonds. The predicted octanol–water partition coefficient (Wildman–Crippen LogP) is 4.34. The zero-order valence-electron chi connectivity index (χ0n) is 17.7. The van der Waals surface area contributed by atoms with Gasteiger partial charge in [0.25, 0.3) is 0 Å². The van der Waals surface area contributed by atoms with Crippen LogP contribution in [0, 0.1) is 5.92 Å². The average molecular weight is 493 g/mol. The molecule has 5 aliphatic rings. The standard InChI is InChI=1S/C26H25BrN2O3/c27-17-3-1-2-15-16-11-26(31)19-10-14-6-7-18(30)23-20(14)25(26,8-9-29(19)12-13-4-5-13)24(32-23)22(16)28-21(15)17/h1-3,6-7,13,19,24,28,30-31H,4-5,8-12H2/t19?,24-,25-,26+/m0/s1. The zero-order valence-corrected chi connectivity index (χ0v) is 19.3. The van der Waals surface area contributed by atoms with Crippen molar-refractivity contribution in [1.82, 2.24) is 9.88 Å². The highest BCUT2D eigenvalue weighted by atomic mass is 79.9. The van der Waals surface area contributed by atoms with Crippen molar-refractivity contribution in [1.29, 1.82) is 0 Å². The van der Waals surface area contributed by atoms with Crippen molar-refractivity contribution in [3.05, 3.63) is 57.2 Å². The molecule has 2 aromatic carbocycles. The fourth-order valence-corrected chi connectivity index (χ4v) is 8.08. The van der Waals surface area contributed by atoms with E-state index in [0.717, 1.165) is 58.5 Å². The maximum absolute atomic E-state index is 12.8. The van der Waals surface area contributed by atoms with Crippen LogP contribution in [0.1, 0.15) is 47.8 Å². The third-order valence-corrected chi connectivity index (χ3v) is 9.81. The number of benzene rings is 2. The van der Waals surface area contributed by atoms with Crippen LogP contribution in [-0.4, -0.2) is 44.8 Å². The van der Waals surface area contributed by atoms with Crippen LogP contribution in [0.25, 0.3) is 10.9 Å². The summed E-state index contributed by atoms with van der Waals surface area (Å²) in [6.07, 6.45) is 4.58. The fourth-order valence-electron chi connectivity index (χ4n) is 7.61. The molecule has 1 saturated carbocycles. The third-order valence-electron chi connectivity index (χ3n) is 9.15. The van der Waals surface area contributed by atoms with Crippen LogP contribution in [0.15, 0.2) is 34.8 Å². The molecule has 4 atom stereocenters. The summed E-state index contributed by atoms with van der Waals surface area (Å²) in [7, 11) is 0. The number of para-hydroxylation sites is 1. The average Bonchev–Trinajstić information content (AvgIpc) is 3.40. The number of aromatic amines is 1. The second-order valence-electron chi connectivity index (χ2n) is 10.6. The van der Waals surface area contributed by atoms with E-state index in [1.165, 1.54) is 24.0 Å². The highest BCUT2D eigenvalue weighted by Crippen LogP contribution is 2.69. The maximum atomic E-state index is 12.8. The first-order valence-electron chi connectivity index (χ1n) is 11.8. The Kier molecular flexibility index (Phi) is 3.29. The van der Waals surface area contributed by atoms with Gasteiger partial charge in [0.2, 0.25) is 0 Å². The van der Waals surface area contributed by atoms with Gasteiger partial charge in [0.1, 0.15) is 0 Å². The number of rotatable bonds is 2. The van der Waals surface area contributed by atoms with Crippen molar-refractivity contribution in [2.24, 2.45) is 5.92 Å². The highest BCUT2D eigenvalue weighted by Gasteiger charge is 2.72. The normalized spacial score (nSPS) is 34.3. The number of aromatic nitrogens is 1. The Morgan fingerprint density at radius 1 is 1.22 bits per heavy atom. The number of piperidine rings is 1. The van der Waals surface area contributed by atoms with Crippen LogP contribution in [0.2, 0.25) is 0 Å². The fraction of sp³-hybridized carbons (Fsp3) is 0.462. The van der Waals surface area contributed by atoms with Gasteiger partial charge in [0.05, 0.1) is 22.2 Å². The largest absolute Gasteiger partial charge is 0.504 e. The summed E-state index contributed by atoms with van der Waals surface area (Å²) in [5, 5.41) is 24.7. The van der Waals surface area contributed by atoms with Crippen LogP contribution in [0.4, 0.5) is 0 Å². The quantitative estimate of drug-likeness (QED) is 0.497. The number of nitrogens with zero attached hydrogens (tertiary/aromatic N) is 1. The van der Waals surface area contributed by atoms with Gasteiger partial charge in [-0.2, -0.15) is 0 Å². The first-order valence-corrected chi connectivity index (χ1v) is 12.6. The molecule has 0 radical (unpaired) electrons. The Bertz CT molecular complexity index is 1330. The van der Waals surface area contributed by atoms with Gasteiger partial charge < -0.3 is 19.9 Å². The van der Waals surface area contributed by atoms with Gasteiger partial charge in [-0.15, -0.1) is 0 Å². The maximum Gasteiger partial charge on any atom is 0.166 e. The number of aliphatic hydroxyl groups is 1. The highest BCUT2D eigenvalue weighted by molar-refractivity contribution is 9.10. The summed E-state index contributed by atoms with van der Waals surface area (Å²) in [6.45, 7) is 2.05. The van der Waals surface area contributed by atoms with Crippen LogP contribution >= 0.6 is 15.9 Å². The molecule has 2 bridgehead atoms. The number of likely N-dealkylation sites (tertiary alicyclic amines) is 1. The van der Waals surface area contributed by atoms with Crippen molar-refractivity contribution >= 4 is 26.8 Å². The molecule has 1 unspecified atom stereocenters. The molecule has 5 nitrogen and oxygen atoms in total. The van der Waals surface area contributed by atoms with Crippen molar-refractivity contribution in [2.45, 2.75) is 55.3 Å². The Morgan fingerprint density at radius 3 is 2.94 bits per heavy atom. The second kappa shape index (κ2) is 5.72. The van der Waals surface area contributed by atoms with E-state index in [9.17, 15) is 10.2 Å².